The molecular weight excluding hydrogens is 340 g/mol. The van der Waals surface area contributed by atoms with Crippen molar-refractivity contribution < 1.29 is 9.59 Å². The van der Waals surface area contributed by atoms with Gasteiger partial charge in [-0.15, -0.1) is 0 Å². The molecule has 1 aliphatic rings. The first-order valence-electron chi connectivity index (χ1n) is 9.24. The highest BCUT2D eigenvalue weighted by atomic mass is 16.2. The van der Waals surface area contributed by atoms with E-state index in [1.54, 1.807) is 4.90 Å². The van der Waals surface area contributed by atoms with Crippen molar-refractivity contribution in [1.29, 1.82) is 0 Å². The van der Waals surface area contributed by atoms with Crippen molar-refractivity contribution in [2.75, 3.05) is 11.4 Å². The van der Waals surface area contributed by atoms with Crippen LogP contribution in [0.15, 0.2) is 48.5 Å². The minimum absolute atomic E-state index is 0.0110. The molecule has 6 nitrogen and oxygen atoms in total. The van der Waals surface area contributed by atoms with Crippen LogP contribution < -0.4 is 10.2 Å². The summed E-state index contributed by atoms with van der Waals surface area (Å²) in [4.78, 5) is 34.2. The first kappa shape index (κ1) is 17.3. The van der Waals surface area contributed by atoms with Gasteiger partial charge in [0.25, 0.3) is 0 Å². The van der Waals surface area contributed by atoms with Crippen molar-refractivity contribution in [3.05, 3.63) is 59.9 Å². The number of rotatable bonds is 5. The molecule has 0 spiro atoms. The van der Waals surface area contributed by atoms with E-state index in [0.717, 1.165) is 23.1 Å². The number of imidazole rings is 1. The summed E-state index contributed by atoms with van der Waals surface area (Å²) < 4.78 is 0. The molecule has 1 aromatic heterocycles. The fourth-order valence-corrected chi connectivity index (χ4v) is 3.45. The quantitative estimate of drug-likeness (QED) is 0.733. The molecular formula is C21H22N4O2. The van der Waals surface area contributed by atoms with Gasteiger partial charge >= 0.3 is 0 Å². The lowest BCUT2D eigenvalue weighted by Gasteiger charge is -2.17. The van der Waals surface area contributed by atoms with Gasteiger partial charge < -0.3 is 15.2 Å². The second-order valence-corrected chi connectivity index (χ2v) is 6.84. The number of anilines is 1. The SMILES string of the molecule is CCc1ccc(N2CC(C(=O)NCc3nc4ccccc4[nH]3)CC2=O)cc1. The average Bonchev–Trinajstić information content (AvgIpc) is 3.29. The third-order valence-electron chi connectivity index (χ3n) is 5.02. The number of carbonyl (C=O) groups is 2. The molecule has 1 aliphatic heterocycles. The summed E-state index contributed by atoms with van der Waals surface area (Å²) in [6.45, 7) is 2.83. The van der Waals surface area contributed by atoms with Gasteiger partial charge in [-0.05, 0) is 36.2 Å². The van der Waals surface area contributed by atoms with Crippen LogP contribution in [0.3, 0.4) is 0 Å². The van der Waals surface area contributed by atoms with Crippen molar-refractivity contribution in [3.8, 4) is 0 Å². The Morgan fingerprint density at radius 2 is 2.00 bits per heavy atom. The summed E-state index contributed by atoms with van der Waals surface area (Å²) in [7, 11) is 0. The Hall–Kier alpha value is -3.15. The van der Waals surface area contributed by atoms with Crippen molar-refractivity contribution in [1.82, 2.24) is 15.3 Å². The van der Waals surface area contributed by atoms with Crippen LogP contribution in [0, 0.1) is 5.92 Å². The maximum absolute atomic E-state index is 12.5. The van der Waals surface area contributed by atoms with E-state index < -0.39 is 0 Å². The van der Waals surface area contributed by atoms with Crippen molar-refractivity contribution in [3.63, 3.8) is 0 Å². The van der Waals surface area contributed by atoms with Gasteiger partial charge in [0.2, 0.25) is 11.8 Å². The molecule has 2 N–H and O–H groups in total. The Balaban J connectivity index is 1.38. The third-order valence-corrected chi connectivity index (χ3v) is 5.02. The van der Waals surface area contributed by atoms with E-state index in [-0.39, 0.29) is 24.2 Å². The lowest BCUT2D eigenvalue weighted by atomic mass is 10.1. The topological polar surface area (TPSA) is 78.1 Å². The average molecular weight is 362 g/mol. The standard InChI is InChI=1S/C21H22N4O2/c1-2-14-7-9-16(10-8-14)25-13-15(11-20(25)26)21(27)22-12-19-23-17-5-3-4-6-18(17)24-19/h3-10,15H,2,11-13H2,1H3,(H,22,27)(H,23,24). The molecule has 2 amide bonds. The molecule has 2 heterocycles. The highest BCUT2D eigenvalue weighted by Crippen LogP contribution is 2.25. The van der Waals surface area contributed by atoms with Crippen molar-refractivity contribution >= 4 is 28.5 Å². The summed E-state index contributed by atoms with van der Waals surface area (Å²) >= 11 is 0. The molecule has 27 heavy (non-hydrogen) atoms. The number of nitrogens with zero attached hydrogens (tertiary/aromatic N) is 2. The molecule has 1 fully saturated rings. The first-order valence-corrected chi connectivity index (χ1v) is 9.24. The zero-order valence-electron chi connectivity index (χ0n) is 15.2. The second-order valence-electron chi connectivity index (χ2n) is 6.84. The van der Waals surface area contributed by atoms with E-state index in [9.17, 15) is 9.59 Å². The molecule has 0 saturated carbocycles. The summed E-state index contributed by atoms with van der Waals surface area (Å²) in [5, 5.41) is 2.90. The number of aryl methyl sites for hydroxylation is 1. The van der Waals surface area contributed by atoms with E-state index in [0.29, 0.717) is 18.9 Å². The Labute approximate surface area is 157 Å². The van der Waals surface area contributed by atoms with Crippen LogP contribution in [0.1, 0.15) is 24.7 Å². The maximum Gasteiger partial charge on any atom is 0.227 e. The summed E-state index contributed by atoms with van der Waals surface area (Å²) in [6, 6.07) is 15.7. The monoisotopic (exact) mass is 362 g/mol. The molecule has 1 atom stereocenters. The number of hydrogen-bond donors (Lipinski definition) is 2. The van der Waals surface area contributed by atoms with Gasteiger partial charge in [-0.25, -0.2) is 4.98 Å². The van der Waals surface area contributed by atoms with Gasteiger partial charge in [0.15, 0.2) is 0 Å². The van der Waals surface area contributed by atoms with E-state index in [4.69, 9.17) is 0 Å². The predicted molar refractivity (Wildman–Crippen MR) is 104 cm³/mol. The maximum atomic E-state index is 12.5. The van der Waals surface area contributed by atoms with Crippen LogP contribution in [-0.2, 0) is 22.6 Å². The van der Waals surface area contributed by atoms with Crippen LogP contribution in [0.25, 0.3) is 11.0 Å². The smallest absolute Gasteiger partial charge is 0.227 e. The predicted octanol–water partition coefficient (Wildman–Crippen LogP) is 2.79. The van der Waals surface area contributed by atoms with E-state index in [2.05, 4.69) is 22.2 Å². The molecule has 0 aliphatic carbocycles. The number of hydrogen-bond acceptors (Lipinski definition) is 3. The van der Waals surface area contributed by atoms with Crippen molar-refractivity contribution in [2.24, 2.45) is 5.92 Å². The van der Waals surface area contributed by atoms with Gasteiger partial charge in [-0.2, -0.15) is 0 Å². The number of amides is 2. The van der Waals surface area contributed by atoms with Crippen LogP contribution in [0.4, 0.5) is 5.69 Å². The Bertz CT molecular complexity index is 944. The molecule has 1 unspecified atom stereocenters. The summed E-state index contributed by atoms with van der Waals surface area (Å²) in [6.07, 6.45) is 1.20. The summed E-state index contributed by atoms with van der Waals surface area (Å²) in [5.41, 5.74) is 3.90. The zero-order valence-corrected chi connectivity index (χ0v) is 15.2. The number of nitrogens with one attached hydrogen (secondary N) is 2. The lowest BCUT2D eigenvalue weighted by molar-refractivity contribution is -0.126. The number of benzene rings is 2. The fraction of sp³-hybridized carbons (Fsp3) is 0.286. The minimum atomic E-state index is -0.340. The Morgan fingerprint density at radius 1 is 1.22 bits per heavy atom. The number of para-hydroxylation sites is 2. The number of H-pyrrole nitrogens is 1. The van der Waals surface area contributed by atoms with Gasteiger partial charge in [0.05, 0.1) is 23.5 Å². The number of fused-ring (bicyclic) bond motifs is 1. The van der Waals surface area contributed by atoms with Crippen LogP contribution in [-0.4, -0.2) is 28.3 Å². The molecule has 3 aromatic rings. The van der Waals surface area contributed by atoms with Gasteiger partial charge in [-0.1, -0.05) is 31.2 Å². The van der Waals surface area contributed by atoms with E-state index >= 15 is 0 Å². The van der Waals surface area contributed by atoms with Crippen LogP contribution in [0.2, 0.25) is 0 Å². The minimum Gasteiger partial charge on any atom is -0.349 e. The number of carbonyl (C=O) groups excluding carboxylic acids is 2. The molecule has 138 valence electrons. The zero-order chi connectivity index (χ0) is 18.8. The third kappa shape index (κ3) is 3.56. The fourth-order valence-electron chi connectivity index (χ4n) is 3.45. The van der Waals surface area contributed by atoms with Gasteiger partial charge in [0, 0.05) is 18.7 Å². The molecule has 1 saturated heterocycles. The number of aromatic amines is 1. The van der Waals surface area contributed by atoms with Crippen LogP contribution >= 0.6 is 0 Å². The first-order chi connectivity index (χ1) is 13.1. The summed E-state index contributed by atoms with van der Waals surface area (Å²) in [5.74, 6) is 0.244. The normalized spacial score (nSPS) is 16.9. The highest BCUT2D eigenvalue weighted by Gasteiger charge is 2.35. The Morgan fingerprint density at radius 3 is 2.74 bits per heavy atom. The second kappa shape index (κ2) is 7.23. The largest absolute Gasteiger partial charge is 0.349 e. The van der Waals surface area contributed by atoms with E-state index in [1.165, 1.54) is 5.56 Å². The van der Waals surface area contributed by atoms with Crippen molar-refractivity contribution in [2.45, 2.75) is 26.3 Å². The lowest BCUT2D eigenvalue weighted by Crippen LogP contribution is -2.32. The molecule has 0 radical (unpaired) electrons. The number of aromatic nitrogens is 2. The van der Waals surface area contributed by atoms with E-state index in [1.807, 2.05) is 48.5 Å². The Kier molecular flexibility index (Phi) is 4.62. The van der Waals surface area contributed by atoms with Gasteiger partial charge in [-0.3, -0.25) is 9.59 Å². The molecule has 6 heteroatoms. The van der Waals surface area contributed by atoms with Gasteiger partial charge in [0.1, 0.15) is 5.82 Å². The molecule has 2 aromatic carbocycles. The molecule has 0 bridgehead atoms. The highest BCUT2D eigenvalue weighted by molar-refractivity contribution is 6.00. The molecule has 4 rings (SSSR count). The van der Waals surface area contributed by atoms with Crippen LogP contribution in [0.5, 0.6) is 0 Å².